The summed E-state index contributed by atoms with van der Waals surface area (Å²) in [7, 11) is 1.25. The summed E-state index contributed by atoms with van der Waals surface area (Å²) >= 11 is 0. The van der Waals surface area contributed by atoms with Crippen molar-refractivity contribution in [3.05, 3.63) is 40.4 Å². The Bertz CT molecular complexity index is 794. The standard InChI is InChI=1S/C13H11N3O4/c1-20-13(18)10-6-9(15-19)11-14-8-5-3-2-4-7(8)12(17)16(10)11/h2-5,10,19H,6H2,1H3/b15-9-. The molecule has 1 unspecified atom stereocenters. The van der Waals surface area contributed by atoms with Gasteiger partial charge in [0.25, 0.3) is 5.56 Å². The monoisotopic (exact) mass is 273 g/mol. The highest BCUT2D eigenvalue weighted by Gasteiger charge is 2.36. The van der Waals surface area contributed by atoms with Gasteiger partial charge in [-0.05, 0) is 12.1 Å². The third-order valence-corrected chi connectivity index (χ3v) is 3.36. The number of carbonyl (C=O) groups excluding carboxylic acids is 1. The molecule has 7 heteroatoms. The highest BCUT2D eigenvalue weighted by atomic mass is 16.5. The second-order valence-electron chi connectivity index (χ2n) is 4.42. The Labute approximate surface area is 113 Å². The number of nitrogens with zero attached hydrogens (tertiary/aromatic N) is 3. The molecule has 0 spiro atoms. The van der Waals surface area contributed by atoms with Crippen molar-refractivity contribution in [1.29, 1.82) is 0 Å². The average Bonchev–Trinajstić information content (AvgIpc) is 2.85. The third-order valence-electron chi connectivity index (χ3n) is 3.36. The molecule has 0 amide bonds. The summed E-state index contributed by atoms with van der Waals surface area (Å²) in [6, 6.07) is 5.97. The van der Waals surface area contributed by atoms with Crippen LogP contribution in [0.3, 0.4) is 0 Å². The van der Waals surface area contributed by atoms with Crippen molar-refractivity contribution in [1.82, 2.24) is 9.55 Å². The first kappa shape index (κ1) is 12.3. The van der Waals surface area contributed by atoms with Crippen LogP contribution in [-0.2, 0) is 9.53 Å². The van der Waals surface area contributed by atoms with E-state index in [0.717, 1.165) is 0 Å². The third kappa shape index (κ3) is 1.59. The number of para-hydroxylation sites is 1. The van der Waals surface area contributed by atoms with Crippen molar-refractivity contribution in [3.8, 4) is 0 Å². The quantitative estimate of drug-likeness (QED) is 0.468. The lowest BCUT2D eigenvalue weighted by molar-refractivity contribution is -0.144. The molecule has 1 aliphatic rings. The molecule has 3 rings (SSSR count). The molecule has 1 N–H and O–H groups in total. The molecule has 102 valence electrons. The second kappa shape index (κ2) is 4.44. The topological polar surface area (TPSA) is 93.8 Å². The number of carbonyl (C=O) groups is 1. The van der Waals surface area contributed by atoms with Crippen LogP contribution >= 0.6 is 0 Å². The number of ether oxygens (including phenoxy) is 1. The van der Waals surface area contributed by atoms with Crippen molar-refractivity contribution in [3.63, 3.8) is 0 Å². The van der Waals surface area contributed by atoms with Crippen LogP contribution in [0.25, 0.3) is 10.9 Å². The van der Waals surface area contributed by atoms with Crippen molar-refractivity contribution in [2.75, 3.05) is 7.11 Å². The van der Waals surface area contributed by atoms with E-state index in [1.807, 2.05) is 0 Å². The summed E-state index contributed by atoms with van der Waals surface area (Å²) in [6.45, 7) is 0. The van der Waals surface area contributed by atoms with E-state index in [4.69, 9.17) is 5.21 Å². The molecule has 0 saturated heterocycles. The highest BCUT2D eigenvalue weighted by Crippen LogP contribution is 2.25. The number of oxime groups is 1. The van der Waals surface area contributed by atoms with Crippen LogP contribution in [0.1, 0.15) is 18.3 Å². The lowest BCUT2D eigenvalue weighted by Crippen LogP contribution is -2.29. The zero-order valence-corrected chi connectivity index (χ0v) is 10.6. The van der Waals surface area contributed by atoms with Crippen LogP contribution in [0, 0.1) is 0 Å². The Balaban J connectivity index is 2.36. The van der Waals surface area contributed by atoms with Crippen LogP contribution in [0.5, 0.6) is 0 Å². The molecule has 1 aromatic heterocycles. The van der Waals surface area contributed by atoms with Gasteiger partial charge in [-0.2, -0.15) is 0 Å². The molecule has 1 atom stereocenters. The fraction of sp³-hybridized carbons (Fsp3) is 0.231. The number of fused-ring (bicyclic) bond motifs is 2. The first-order valence-electron chi connectivity index (χ1n) is 5.97. The Morgan fingerprint density at radius 3 is 2.95 bits per heavy atom. The summed E-state index contributed by atoms with van der Waals surface area (Å²) in [6.07, 6.45) is 0.0851. The van der Waals surface area contributed by atoms with Gasteiger partial charge in [0.05, 0.1) is 18.0 Å². The predicted octanol–water partition coefficient (Wildman–Crippen LogP) is 0.693. The number of hydrogen-bond donors (Lipinski definition) is 1. The molecule has 2 heterocycles. The molecular weight excluding hydrogens is 262 g/mol. The van der Waals surface area contributed by atoms with E-state index < -0.39 is 12.0 Å². The highest BCUT2D eigenvalue weighted by molar-refractivity contribution is 6.03. The van der Waals surface area contributed by atoms with Gasteiger partial charge in [-0.25, -0.2) is 9.78 Å². The molecule has 20 heavy (non-hydrogen) atoms. The molecule has 0 bridgehead atoms. The van der Waals surface area contributed by atoms with Gasteiger partial charge in [0.15, 0.2) is 5.82 Å². The summed E-state index contributed by atoms with van der Waals surface area (Å²) in [4.78, 5) is 28.6. The Hall–Kier alpha value is -2.70. The molecule has 0 saturated carbocycles. The van der Waals surface area contributed by atoms with Gasteiger partial charge in [0, 0.05) is 6.42 Å². The number of benzene rings is 1. The van der Waals surface area contributed by atoms with E-state index in [1.54, 1.807) is 24.3 Å². The van der Waals surface area contributed by atoms with Gasteiger partial charge in [0.1, 0.15) is 11.8 Å². The van der Waals surface area contributed by atoms with E-state index >= 15 is 0 Å². The number of methoxy groups -OCH3 is 1. The summed E-state index contributed by atoms with van der Waals surface area (Å²) in [5.41, 5.74) is 0.346. The van der Waals surface area contributed by atoms with E-state index in [9.17, 15) is 9.59 Å². The molecule has 2 aromatic rings. The van der Waals surface area contributed by atoms with Crippen LogP contribution in [0.15, 0.2) is 34.2 Å². The van der Waals surface area contributed by atoms with Crippen LogP contribution in [-0.4, -0.2) is 33.5 Å². The number of esters is 1. The van der Waals surface area contributed by atoms with Crippen molar-refractivity contribution in [2.45, 2.75) is 12.5 Å². The summed E-state index contributed by atoms with van der Waals surface area (Å²) in [5.74, 6) is -0.365. The predicted molar refractivity (Wildman–Crippen MR) is 70.0 cm³/mol. The van der Waals surface area contributed by atoms with Gasteiger partial charge < -0.3 is 9.94 Å². The largest absolute Gasteiger partial charge is 0.467 e. The average molecular weight is 273 g/mol. The van der Waals surface area contributed by atoms with Gasteiger partial charge in [-0.3, -0.25) is 9.36 Å². The van der Waals surface area contributed by atoms with E-state index in [2.05, 4.69) is 14.9 Å². The zero-order valence-electron chi connectivity index (χ0n) is 10.6. The van der Waals surface area contributed by atoms with Crippen LogP contribution in [0.4, 0.5) is 0 Å². The SMILES string of the molecule is COC(=O)C1C/C(=N/O)c2nc3ccccc3c(=O)n21. The smallest absolute Gasteiger partial charge is 0.329 e. The van der Waals surface area contributed by atoms with Crippen molar-refractivity contribution < 1.29 is 14.7 Å². The van der Waals surface area contributed by atoms with Crippen LogP contribution in [0.2, 0.25) is 0 Å². The molecule has 1 aromatic carbocycles. The van der Waals surface area contributed by atoms with Gasteiger partial charge in [0.2, 0.25) is 0 Å². The first-order chi connectivity index (χ1) is 9.67. The Morgan fingerprint density at radius 1 is 1.50 bits per heavy atom. The summed E-state index contributed by atoms with van der Waals surface area (Å²) in [5, 5.41) is 12.6. The van der Waals surface area contributed by atoms with Crippen LogP contribution < -0.4 is 5.56 Å². The van der Waals surface area contributed by atoms with Crippen molar-refractivity contribution >= 4 is 22.6 Å². The Kier molecular flexibility index (Phi) is 2.74. The minimum atomic E-state index is -0.842. The lowest BCUT2D eigenvalue weighted by atomic mass is 10.2. The number of rotatable bonds is 1. The number of aromatic nitrogens is 2. The molecule has 7 nitrogen and oxygen atoms in total. The second-order valence-corrected chi connectivity index (χ2v) is 4.42. The van der Waals surface area contributed by atoms with E-state index in [0.29, 0.717) is 10.9 Å². The maximum atomic E-state index is 12.5. The fourth-order valence-corrected chi connectivity index (χ4v) is 2.41. The minimum absolute atomic E-state index is 0.0851. The zero-order chi connectivity index (χ0) is 14.3. The minimum Gasteiger partial charge on any atom is -0.467 e. The molecular formula is C13H11N3O4. The van der Waals surface area contributed by atoms with Crippen molar-refractivity contribution in [2.24, 2.45) is 5.16 Å². The maximum Gasteiger partial charge on any atom is 0.329 e. The van der Waals surface area contributed by atoms with Gasteiger partial charge in [-0.1, -0.05) is 17.3 Å². The molecule has 1 aliphatic heterocycles. The fourth-order valence-electron chi connectivity index (χ4n) is 2.41. The summed E-state index contributed by atoms with van der Waals surface area (Å²) < 4.78 is 5.91. The number of hydrogen-bond acceptors (Lipinski definition) is 6. The maximum absolute atomic E-state index is 12.5. The Morgan fingerprint density at radius 2 is 2.25 bits per heavy atom. The molecule has 0 aliphatic carbocycles. The normalized spacial score (nSPS) is 19.2. The lowest BCUT2D eigenvalue weighted by Gasteiger charge is -2.11. The van der Waals surface area contributed by atoms with Gasteiger partial charge in [-0.15, -0.1) is 0 Å². The van der Waals surface area contributed by atoms with E-state index in [1.165, 1.54) is 11.7 Å². The molecule has 0 fully saturated rings. The van der Waals surface area contributed by atoms with E-state index in [-0.39, 0.29) is 23.5 Å². The first-order valence-corrected chi connectivity index (χ1v) is 5.97. The van der Waals surface area contributed by atoms with Gasteiger partial charge >= 0.3 is 5.97 Å². The molecule has 0 radical (unpaired) electrons.